The van der Waals surface area contributed by atoms with Gasteiger partial charge in [0, 0.05) is 10.8 Å². The Hall–Kier alpha value is -1.62. The highest BCUT2D eigenvalue weighted by Gasteiger charge is 2.14. The van der Waals surface area contributed by atoms with Crippen molar-refractivity contribution >= 4 is 27.1 Å². The zero-order chi connectivity index (χ0) is 12.2. The van der Waals surface area contributed by atoms with E-state index >= 15 is 0 Å². The van der Waals surface area contributed by atoms with E-state index in [9.17, 15) is 4.79 Å². The molecule has 0 saturated carbocycles. The van der Waals surface area contributed by atoms with Gasteiger partial charge in [-0.15, -0.1) is 11.3 Å². The van der Waals surface area contributed by atoms with E-state index in [4.69, 9.17) is 0 Å². The summed E-state index contributed by atoms with van der Waals surface area (Å²) in [5, 5.41) is 6.74. The predicted octanol–water partition coefficient (Wildman–Crippen LogP) is 2.67. The van der Waals surface area contributed by atoms with Crippen LogP contribution in [0.5, 0.6) is 0 Å². The number of aromatic amines is 1. The Bertz CT molecular complexity index is 763. The molecule has 3 aromatic heterocycles. The molecule has 0 saturated heterocycles. The molecule has 88 valence electrons. The molecule has 17 heavy (non-hydrogen) atoms. The number of aromatic nitrogens is 3. The van der Waals surface area contributed by atoms with Gasteiger partial charge in [0.05, 0.1) is 10.2 Å². The number of rotatable bonds is 1. The van der Waals surface area contributed by atoms with Crippen LogP contribution in [-0.4, -0.2) is 14.6 Å². The van der Waals surface area contributed by atoms with Crippen LogP contribution in [0.4, 0.5) is 0 Å². The molecule has 0 radical (unpaired) electrons. The van der Waals surface area contributed by atoms with Gasteiger partial charge in [0.25, 0.3) is 5.56 Å². The normalized spacial score (nSPS) is 12.0. The molecule has 0 unspecified atom stereocenters. The topological polar surface area (TPSA) is 50.2 Å². The second-order valence-corrected chi connectivity index (χ2v) is 5.83. The molecular weight excluding hydrogens is 234 g/mol. The Morgan fingerprint density at radius 2 is 2.12 bits per heavy atom. The second-order valence-electron chi connectivity index (χ2n) is 4.54. The number of thiophene rings is 1. The average Bonchev–Trinajstić information content (AvgIpc) is 2.75. The molecule has 0 aromatic carbocycles. The van der Waals surface area contributed by atoms with Crippen LogP contribution in [0.15, 0.2) is 16.9 Å². The molecular formula is C12H13N3OS. The summed E-state index contributed by atoms with van der Waals surface area (Å²) in [6.07, 6.45) is 0. The SMILES string of the molecule is Cc1cc2c(cc3c(=O)[nH]nc(C(C)C)n32)s1. The van der Waals surface area contributed by atoms with E-state index in [1.807, 2.05) is 10.5 Å². The summed E-state index contributed by atoms with van der Waals surface area (Å²) >= 11 is 1.71. The summed E-state index contributed by atoms with van der Waals surface area (Å²) in [5.74, 6) is 1.16. The van der Waals surface area contributed by atoms with Gasteiger partial charge in [-0.25, -0.2) is 5.10 Å². The number of hydrogen-bond donors (Lipinski definition) is 1. The predicted molar refractivity (Wildman–Crippen MR) is 70.0 cm³/mol. The number of hydrogen-bond acceptors (Lipinski definition) is 3. The molecule has 3 heterocycles. The van der Waals surface area contributed by atoms with Gasteiger partial charge < -0.3 is 0 Å². The largest absolute Gasteiger partial charge is 0.290 e. The lowest BCUT2D eigenvalue weighted by Crippen LogP contribution is -2.16. The highest BCUT2D eigenvalue weighted by Crippen LogP contribution is 2.29. The first-order chi connectivity index (χ1) is 8.08. The molecule has 0 bridgehead atoms. The second kappa shape index (κ2) is 3.43. The van der Waals surface area contributed by atoms with Gasteiger partial charge in [0.1, 0.15) is 11.3 Å². The molecule has 3 aromatic rings. The fourth-order valence-corrected chi connectivity index (χ4v) is 3.07. The van der Waals surface area contributed by atoms with Gasteiger partial charge >= 0.3 is 0 Å². The van der Waals surface area contributed by atoms with Gasteiger partial charge in [-0.1, -0.05) is 13.8 Å². The minimum absolute atomic E-state index is 0.129. The lowest BCUT2D eigenvalue weighted by molar-refractivity contribution is 0.719. The summed E-state index contributed by atoms with van der Waals surface area (Å²) in [6, 6.07) is 4.05. The van der Waals surface area contributed by atoms with Crippen molar-refractivity contribution < 1.29 is 0 Å². The highest BCUT2D eigenvalue weighted by atomic mass is 32.1. The maximum atomic E-state index is 11.8. The van der Waals surface area contributed by atoms with Crippen molar-refractivity contribution in [3.63, 3.8) is 0 Å². The molecule has 3 rings (SSSR count). The van der Waals surface area contributed by atoms with Crippen LogP contribution < -0.4 is 5.56 Å². The molecule has 0 amide bonds. The Morgan fingerprint density at radius 3 is 2.82 bits per heavy atom. The lowest BCUT2D eigenvalue weighted by atomic mass is 10.2. The van der Waals surface area contributed by atoms with E-state index in [1.54, 1.807) is 11.3 Å². The van der Waals surface area contributed by atoms with Gasteiger partial charge in [0.2, 0.25) is 0 Å². The Labute approximate surface area is 102 Å². The number of fused-ring (bicyclic) bond motifs is 3. The minimum Gasteiger partial charge on any atom is -0.290 e. The number of nitrogens with one attached hydrogen (secondary N) is 1. The fraction of sp³-hybridized carbons (Fsp3) is 0.333. The zero-order valence-electron chi connectivity index (χ0n) is 9.94. The van der Waals surface area contributed by atoms with Gasteiger partial charge in [0.15, 0.2) is 0 Å². The van der Waals surface area contributed by atoms with Crippen molar-refractivity contribution in [2.24, 2.45) is 0 Å². The highest BCUT2D eigenvalue weighted by molar-refractivity contribution is 7.19. The molecule has 5 heteroatoms. The maximum Gasteiger partial charge on any atom is 0.288 e. The Kier molecular flexibility index (Phi) is 2.13. The van der Waals surface area contributed by atoms with Crippen LogP contribution in [0, 0.1) is 6.92 Å². The molecule has 0 aliphatic rings. The third-order valence-electron chi connectivity index (χ3n) is 2.86. The van der Waals surface area contributed by atoms with Crippen LogP contribution in [0.3, 0.4) is 0 Å². The average molecular weight is 247 g/mol. The molecule has 1 N–H and O–H groups in total. The molecule has 0 spiro atoms. The van der Waals surface area contributed by atoms with Crippen LogP contribution in [-0.2, 0) is 0 Å². The standard InChI is InChI=1S/C12H13N3OS/c1-6(2)11-13-14-12(16)9-5-10-8(15(9)11)4-7(3)17-10/h4-6H,1-3H3,(H,14,16). The number of H-pyrrole nitrogens is 1. The van der Waals surface area contributed by atoms with Crippen molar-refractivity contribution in [1.29, 1.82) is 0 Å². The summed E-state index contributed by atoms with van der Waals surface area (Å²) in [7, 11) is 0. The zero-order valence-corrected chi connectivity index (χ0v) is 10.8. The summed E-state index contributed by atoms with van der Waals surface area (Å²) in [6.45, 7) is 6.23. The summed E-state index contributed by atoms with van der Waals surface area (Å²) in [5.41, 5.74) is 1.64. The third kappa shape index (κ3) is 1.42. The van der Waals surface area contributed by atoms with Gasteiger partial charge in [-0.2, -0.15) is 5.10 Å². The molecule has 0 aliphatic carbocycles. The smallest absolute Gasteiger partial charge is 0.288 e. The van der Waals surface area contributed by atoms with Crippen LogP contribution >= 0.6 is 11.3 Å². The maximum absolute atomic E-state index is 11.8. The number of aryl methyl sites for hydroxylation is 1. The van der Waals surface area contributed by atoms with E-state index < -0.39 is 0 Å². The Morgan fingerprint density at radius 1 is 1.35 bits per heavy atom. The molecule has 0 aliphatic heterocycles. The first-order valence-corrected chi connectivity index (χ1v) is 6.39. The van der Waals surface area contributed by atoms with E-state index in [-0.39, 0.29) is 11.5 Å². The first-order valence-electron chi connectivity index (χ1n) is 5.58. The third-order valence-corrected chi connectivity index (χ3v) is 3.85. The monoisotopic (exact) mass is 247 g/mol. The van der Waals surface area contributed by atoms with E-state index in [2.05, 4.69) is 37.0 Å². The quantitative estimate of drug-likeness (QED) is 0.718. The van der Waals surface area contributed by atoms with Crippen molar-refractivity contribution in [3.8, 4) is 0 Å². The first kappa shape index (κ1) is 10.5. The van der Waals surface area contributed by atoms with Crippen LogP contribution in [0.1, 0.15) is 30.5 Å². The van der Waals surface area contributed by atoms with E-state index in [0.29, 0.717) is 5.52 Å². The summed E-state index contributed by atoms with van der Waals surface area (Å²) in [4.78, 5) is 13.0. The fourth-order valence-electron chi connectivity index (χ4n) is 2.13. The lowest BCUT2D eigenvalue weighted by Gasteiger charge is -2.07. The molecule has 4 nitrogen and oxygen atoms in total. The van der Waals surface area contributed by atoms with Gasteiger partial charge in [-0.3, -0.25) is 9.20 Å². The van der Waals surface area contributed by atoms with E-state index in [0.717, 1.165) is 16.0 Å². The molecule has 0 atom stereocenters. The van der Waals surface area contributed by atoms with Crippen molar-refractivity contribution in [3.05, 3.63) is 33.2 Å². The van der Waals surface area contributed by atoms with Crippen molar-refractivity contribution in [2.45, 2.75) is 26.7 Å². The van der Waals surface area contributed by atoms with E-state index in [1.165, 1.54) is 4.88 Å². The summed E-state index contributed by atoms with van der Waals surface area (Å²) < 4.78 is 3.12. The van der Waals surface area contributed by atoms with Crippen molar-refractivity contribution in [2.75, 3.05) is 0 Å². The molecule has 0 fully saturated rings. The van der Waals surface area contributed by atoms with Crippen molar-refractivity contribution in [1.82, 2.24) is 14.6 Å². The van der Waals surface area contributed by atoms with Crippen LogP contribution in [0.2, 0.25) is 0 Å². The van der Waals surface area contributed by atoms with Gasteiger partial charge in [-0.05, 0) is 19.1 Å². The Balaban J connectivity index is 2.58. The minimum atomic E-state index is -0.129. The number of nitrogens with zero attached hydrogens (tertiary/aromatic N) is 2. The van der Waals surface area contributed by atoms with Crippen LogP contribution in [0.25, 0.3) is 15.7 Å².